The topological polar surface area (TPSA) is 81.3 Å². The Morgan fingerprint density at radius 2 is 1.77 bits per heavy atom. The largest absolute Gasteiger partial charge is 0.355 e. The quantitative estimate of drug-likeness (QED) is 0.234. The Morgan fingerprint density at radius 3 is 2.49 bits per heavy atom. The van der Waals surface area contributed by atoms with E-state index in [1.165, 1.54) is 0 Å². The molecule has 7 nitrogen and oxygen atoms in total. The zero-order valence-corrected chi connectivity index (χ0v) is 20.9. The Morgan fingerprint density at radius 1 is 1.00 bits per heavy atom. The van der Waals surface area contributed by atoms with Crippen molar-refractivity contribution < 1.29 is 9.59 Å². The molecular weight excluding hydrogens is 458 g/mol. The minimum absolute atomic E-state index is 0.109. The zero-order chi connectivity index (χ0) is 24.5. The lowest BCUT2D eigenvalue weighted by molar-refractivity contribution is 0.0959. The number of nitrogens with one attached hydrogen (secondary N) is 1. The number of hydrogen-bond acceptors (Lipinski definition) is 5. The summed E-state index contributed by atoms with van der Waals surface area (Å²) in [5, 5.41) is 7.11. The number of hydrogen-bond donors (Lipinski definition) is 1. The number of imidazole rings is 1. The summed E-state index contributed by atoms with van der Waals surface area (Å²) in [7, 11) is 1.62. The van der Waals surface area contributed by atoms with E-state index in [2.05, 4.69) is 27.8 Å². The summed E-state index contributed by atoms with van der Waals surface area (Å²) in [6.45, 7) is 4.90. The maximum absolute atomic E-state index is 12.8. The second kappa shape index (κ2) is 9.46. The number of unbranched alkanes of at least 4 members (excludes halogenated alkanes) is 1. The van der Waals surface area contributed by atoms with Gasteiger partial charge in [-0.1, -0.05) is 23.5 Å². The number of ketones is 1. The van der Waals surface area contributed by atoms with Gasteiger partial charge in [0.25, 0.3) is 5.91 Å². The molecule has 3 aromatic heterocycles. The molecule has 0 aliphatic carbocycles. The molecule has 0 atom stereocenters. The van der Waals surface area contributed by atoms with Crippen molar-refractivity contribution in [3.63, 3.8) is 0 Å². The van der Waals surface area contributed by atoms with Crippen molar-refractivity contribution in [1.29, 1.82) is 0 Å². The van der Waals surface area contributed by atoms with Crippen molar-refractivity contribution >= 4 is 38.2 Å². The summed E-state index contributed by atoms with van der Waals surface area (Å²) in [6, 6.07) is 15.4. The number of nitrogens with zero attached hydrogens (tertiary/aromatic N) is 4. The summed E-state index contributed by atoms with van der Waals surface area (Å²) in [5.41, 5.74) is 6.39. The van der Waals surface area contributed by atoms with E-state index in [1.807, 2.05) is 48.1 Å². The zero-order valence-electron chi connectivity index (χ0n) is 20.0. The summed E-state index contributed by atoms with van der Waals surface area (Å²) < 4.78 is 5.12. The average Bonchev–Trinajstić information content (AvgIpc) is 3.52. The van der Waals surface area contributed by atoms with Crippen LogP contribution >= 0.6 is 11.3 Å². The predicted molar refractivity (Wildman–Crippen MR) is 139 cm³/mol. The van der Waals surface area contributed by atoms with Gasteiger partial charge >= 0.3 is 0 Å². The minimum atomic E-state index is -0.109. The lowest BCUT2D eigenvalue weighted by atomic mass is 10.1. The Hall–Kier alpha value is -3.78. The minimum Gasteiger partial charge on any atom is -0.355 e. The van der Waals surface area contributed by atoms with Crippen LogP contribution in [-0.4, -0.2) is 37.9 Å². The summed E-state index contributed by atoms with van der Waals surface area (Å²) >= 11 is 1.57. The van der Waals surface area contributed by atoms with Gasteiger partial charge in [-0.05, 0) is 63.1 Å². The molecule has 2 aromatic carbocycles. The fourth-order valence-electron chi connectivity index (χ4n) is 4.34. The number of carbonyl (C=O) groups excluding carboxylic acids is 2. The molecule has 0 unspecified atom stereocenters. The van der Waals surface area contributed by atoms with Crippen molar-refractivity contribution in [2.75, 3.05) is 7.05 Å². The Kier molecular flexibility index (Phi) is 6.21. The van der Waals surface area contributed by atoms with Crippen LogP contribution in [0.15, 0.2) is 54.7 Å². The highest BCUT2D eigenvalue weighted by atomic mass is 32.1. The van der Waals surface area contributed by atoms with Crippen LogP contribution < -0.4 is 5.32 Å². The van der Waals surface area contributed by atoms with Gasteiger partial charge in [0.1, 0.15) is 0 Å². The van der Waals surface area contributed by atoms with Gasteiger partial charge in [-0.15, -0.1) is 0 Å². The SMILES string of the molecule is CNC(=O)c1ccc(-c2cn3c(n2)sc2cc(C(=O)CCCCn4nc(C)cc4C)ccc23)cc1. The molecule has 35 heavy (non-hydrogen) atoms. The van der Waals surface area contributed by atoms with Crippen molar-refractivity contribution in [2.24, 2.45) is 0 Å². The number of fused-ring (bicyclic) bond motifs is 3. The second-order valence-corrected chi connectivity index (χ2v) is 9.76. The number of benzene rings is 2. The molecule has 0 saturated carbocycles. The summed E-state index contributed by atoms with van der Waals surface area (Å²) in [5.74, 6) is 0.0602. The molecule has 1 amide bonds. The third-order valence-electron chi connectivity index (χ3n) is 6.21. The van der Waals surface area contributed by atoms with E-state index in [1.54, 1.807) is 30.5 Å². The van der Waals surface area contributed by atoms with E-state index in [-0.39, 0.29) is 11.7 Å². The van der Waals surface area contributed by atoms with Gasteiger partial charge in [0, 0.05) is 48.6 Å². The maximum Gasteiger partial charge on any atom is 0.251 e. The predicted octanol–water partition coefficient (Wildman–Crippen LogP) is 5.44. The number of aryl methyl sites for hydroxylation is 3. The first-order valence-corrected chi connectivity index (χ1v) is 12.5. The molecule has 178 valence electrons. The van der Waals surface area contributed by atoms with Gasteiger partial charge in [0.2, 0.25) is 0 Å². The lowest BCUT2D eigenvalue weighted by Gasteiger charge is -2.05. The van der Waals surface area contributed by atoms with E-state index in [4.69, 9.17) is 4.98 Å². The molecule has 3 heterocycles. The van der Waals surface area contributed by atoms with Crippen LogP contribution in [0.4, 0.5) is 0 Å². The summed E-state index contributed by atoms with van der Waals surface area (Å²) in [4.78, 5) is 30.2. The van der Waals surface area contributed by atoms with Crippen molar-refractivity contribution in [2.45, 2.75) is 39.7 Å². The van der Waals surface area contributed by atoms with Crippen LogP contribution in [0.2, 0.25) is 0 Å². The molecule has 0 aliphatic rings. The van der Waals surface area contributed by atoms with E-state index < -0.39 is 0 Å². The molecule has 0 aliphatic heterocycles. The van der Waals surface area contributed by atoms with E-state index in [0.717, 1.165) is 62.8 Å². The number of Topliss-reactive ketones (excluding diaryl/α,β-unsaturated/α-hetero) is 1. The first kappa shape index (κ1) is 23.0. The first-order chi connectivity index (χ1) is 16.9. The third kappa shape index (κ3) is 4.61. The van der Waals surface area contributed by atoms with Crippen molar-refractivity contribution in [1.82, 2.24) is 24.5 Å². The number of thiazole rings is 1. The van der Waals surface area contributed by atoms with Crippen LogP contribution in [0.1, 0.15) is 51.4 Å². The molecule has 5 aromatic rings. The number of amides is 1. The molecule has 5 rings (SSSR count). The smallest absolute Gasteiger partial charge is 0.251 e. The third-order valence-corrected chi connectivity index (χ3v) is 7.23. The highest BCUT2D eigenvalue weighted by Gasteiger charge is 2.14. The van der Waals surface area contributed by atoms with E-state index in [9.17, 15) is 9.59 Å². The van der Waals surface area contributed by atoms with Crippen LogP contribution in [0.3, 0.4) is 0 Å². The molecule has 8 heteroatoms. The molecule has 0 fully saturated rings. The Balaban J connectivity index is 1.27. The molecule has 0 spiro atoms. The van der Waals surface area contributed by atoms with Gasteiger partial charge in [-0.25, -0.2) is 4.98 Å². The van der Waals surface area contributed by atoms with Gasteiger partial charge in [0.05, 0.1) is 21.6 Å². The van der Waals surface area contributed by atoms with Crippen LogP contribution in [0, 0.1) is 13.8 Å². The van der Waals surface area contributed by atoms with Crippen molar-refractivity contribution in [3.8, 4) is 11.3 Å². The number of aromatic nitrogens is 4. The number of rotatable bonds is 8. The maximum atomic E-state index is 12.8. The molecular formula is C27H27N5O2S. The fraction of sp³-hybridized carbons (Fsp3) is 0.259. The molecule has 0 saturated heterocycles. The Labute approximate surface area is 207 Å². The monoisotopic (exact) mass is 485 g/mol. The second-order valence-electron chi connectivity index (χ2n) is 8.75. The van der Waals surface area contributed by atoms with Gasteiger partial charge in [0.15, 0.2) is 10.7 Å². The van der Waals surface area contributed by atoms with Gasteiger partial charge < -0.3 is 5.32 Å². The average molecular weight is 486 g/mol. The van der Waals surface area contributed by atoms with Crippen molar-refractivity contribution in [3.05, 3.63) is 77.2 Å². The van der Waals surface area contributed by atoms with E-state index in [0.29, 0.717) is 12.0 Å². The normalized spacial score (nSPS) is 11.4. The first-order valence-electron chi connectivity index (χ1n) is 11.7. The standard InChI is InChI=1S/C27H27N5O2S/c1-17-14-18(2)32(30-17)13-5-4-6-24(33)21-11-12-23-25(15-21)35-27-29-22(16-31(23)27)19-7-9-20(10-8-19)26(34)28-3/h7-12,14-16H,4-6,13H2,1-3H3,(H,28,34). The molecule has 0 radical (unpaired) electrons. The van der Waals surface area contributed by atoms with Crippen LogP contribution in [0.25, 0.3) is 26.4 Å². The highest BCUT2D eigenvalue weighted by Crippen LogP contribution is 2.30. The lowest BCUT2D eigenvalue weighted by Crippen LogP contribution is -2.17. The number of carbonyl (C=O) groups is 2. The van der Waals surface area contributed by atoms with Crippen LogP contribution in [-0.2, 0) is 6.54 Å². The van der Waals surface area contributed by atoms with E-state index >= 15 is 0 Å². The van der Waals surface area contributed by atoms with Crippen LogP contribution in [0.5, 0.6) is 0 Å². The summed E-state index contributed by atoms with van der Waals surface area (Å²) in [6.07, 6.45) is 4.30. The highest BCUT2D eigenvalue weighted by molar-refractivity contribution is 7.23. The molecule has 1 N–H and O–H groups in total. The van der Waals surface area contributed by atoms with Gasteiger partial charge in [-0.3, -0.25) is 18.7 Å². The fourth-order valence-corrected chi connectivity index (χ4v) is 5.39. The molecule has 0 bridgehead atoms. The van der Waals surface area contributed by atoms with Gasteiger partial charge in [-0.2, -0.15) is 5.10 Å². The Bertz CT molecular complexity index is 1540.